The minimum Gasteiger partial charge on any atom is -0.378 e. The van der Waals surface area contributed by atoms with Crippen LogP contribution in [0.1, 0.15) is 6.42 Å². The van der Waals surface area contributed by atoms with Crippen LogP contribution in [0, 0.1) is 11.8 Å². The van der Waals surface area contributed by atoms with E-state index in [1.165, 1.54) is 0 Å². The summed E-state index contributed by atoms with van der Waals surface area (Å²) in [5.74, 6) is 0.122. The summed E-state index contributed by atoms with van der Waals surface area (Å²) in [7, 11) is -1.09. The molecule has 0 aromatic carbocycles. The van der Waals surface area contributed by atoms with Crippen molar-refractivity contribution in [2.45, 2.75) is 11.7 Å². The van der Waals surface area contributed by atoms with Gasteiger partial charge in [0.25, 0.3) is 0 Å². The molecule has 6 nitrogen and oxygen atoms in total. The zero-order valence-electron chi connectivity index (χ0n) is 11.8. The predicted octanol–water partition coefficient (Wildman–Crippen LogP) is -0.790. The van der Waals surface area contributed by atoms with Gasteiger partial charge in [-0.15, -0.1) is 0 Å². The number of carbonyl (C=O) groups is 1. The van der Waals surface area contributed by atoms with Gasteiger partial charge in [-0.3, -0.25) is 4.79 Å². The smallest absolute Gasteiger partial charge is 0.226 e. The minimum atomic E-state index is -3.03. The van der Waals surface area contributed by atoms with Crippen LogP contribution >= 0.6 is 0 Å². The van der Waals surface area contributed by atoms with Crippen molar-refractivity contribution in [1.29, 1.82) is 0 Å². The highest BCUT2D eigenvalue weighted by Crippen LogP contribution is 2.37. The van der Waals surface area contributed by atoms with Crippen molar-refractivity contribution in [3.63, 3.8) is 0 Å². The molecule has 114 valence electrons. The monoisotopic (exact) mass is 302 g/mol. The molecular weight excluding hydrogens is 280 g/mol. The van der Waals surface area contributed by atoms with E-state index < -0.39 is 9.84 Å². The molecule has 0 bridgehead atoms. The fourth-order valence-electron chi connectivity index (χ4n) is 3.74. The molecule has 3 saturated heterocycles. The first kappa shape index (κ1) is 14.3. The summed E-state index contributed by atoms with van der Waals surface area (Å²) in [5.41, 5.74) is 0. The van der Waals surface area contributed by atoms with Gasteiger partial charge in [0.2, 0.25) is 5.91 Å². The molecule has 1 amide bonds. The highest BCUT2D eigenvalue weighted by atomic mass is 32.2. The van der Waals surface area contributed by atoms with E-state index in [9.17, 15) is 13.2 Å². The van der Waals surface area contributed by atoms with Gasteiger partial charge in [-0.1, -0.05) is 0 Å². The number of carbonyl (C=O) groups excluding carboxylic acids is 1. The van der Waals surface area contributed by atoms with Gasteiger partial charge in [-0.25, -0.2) is 8.42 Å². The van der Waals surface area contributed by atoms with Crippen molar-refractivity contribution in [3.8, 4) is 0 Å². The van der Waals surface area contributed by atoms with E-state index in [4.69, 9.17) is 4.74 Å². The third-order valence-corrected chi connectivity index (χ3v) is 7.05. The molecule has 7 heteroatoms. The molecular formula is C13H22N2O4S. The average Bonchev–Trinajstić information content (AvgIpc) is 2.82. The van der Waals surface area contributed by atoms with Crippen LogP contribution in [-0.2, 0) is 19.4 Å². The summed E-state index contributed by atoms with van der Waals surface area (Å²) in [5, 5.41) is -0.351. The molecule has 0 saturated carbocycles. The van der Waals surface area contributed by atoms with Crippen molar-refractivity contribution in [2.24, 2.45) is 11.8 Å². The molecule has 3 atom stereocenters. The number of likely N-dealkylation sites (tertiary alicyclic amines) is 1. The quantitative estimate of drug-likeness (QED) is 0.635. The van der Waals surface area contributed by atoms with Gasteiger partial charge < -0.3 is 14.5 Å². The molecule has 3 rings (SSSR count). The second-order valence-corrected chi connectivity index (χ2v) is 8.46. The number of morpholine rings is 1. The summed E-state index contributed by atoms with van der Waals surface area (Å²) < 4.78 is 29.6. The van der Waals surface area contributed by atoms with Crippen molar-refractivity contribution in [1.82, 2.24) is 9.80 Å². The zero-order valence-corrected chi connectivity index (χ0v) is 12.6. The number of amides is 1. The van der Waals surface area contributed by atoms with Gasteiger partial charge in [-0.05, 0) is 13.5 Å². The van der Waals surface area contributed by atoms with Gasteiger partial charge in [0, 0.05) is 38.0 Å². The summed E-state index contributed by atoms with van der Waals surface area (Å²) in [6, 6.07) is 0. The van der Waals surface area contributed by atoms with Crippen LogP contribution in [0.25, 0.3) is 0 Å². The van der Waals surface area contributed by atoms with Gasteiger partial charge in [0.15, 0.2) is 9.84 Å². The number of hydrogen-bond acceptors (Lipinski definition) is 5. The normalized spacial score (nSPS) is 37.6. The molecule has 20 heavy (non-hydrogen) atoms. The van der Waals surface area contributed by atoms with Crippen molar-refractivity contribution < 1.29 is 17.9 Å². The van der Waals surface area contributed by atoms with Gasteiger partial charge in [0.1, 0.15) is 0 Å². The van der Waals surface area contributed by atoms with Crippen LogP contribution in [0.15, 0.2) is 0 Å². The third kappa shape index (κ3) is 2.46. The molecule has 0 unspecified atom stereocenters. The maximum absolute atomic E-state index is 12.7. The first-order valence-electron chi connectivity index (χ1n) is 7.26. The Bertz CT molecular complexity index is 487. The lowest BCUT2D eigenvalue weighted by Crippen LogP contribution is -2.50. The minimum absolute atomic E-state index is 0.0332. The Kier molecular flexibility index (Phi) is 3.77. The Morgan fingerprint density at radius 2 is 1.90 bits per heavy atom. The summed E-state index contributed by atoms with van der Waals surface area (Å²) in [6.45, 7) is 3.73. The Morgan fingerprint density at radius 1 is 1.20 bits per heavy atom. The van der Waals surface area contributed by atoms with Crippen LogP contribution in [0.2, 0.25) is 0 Å². The number of fused-ring (bicyclic) bond motifs is 1. The summed E-state index contributed by atoms with van der Waals surface area (Å²) in [4.78, 5) is 16.6. The van der Waals surface area contributed by atoms with Crippen LogP contribution in [0.4, 0.5) is 0 Å². The second-order valence-electron chi connectivity index (χ2n) is 6.12. The Morgan fingerprint density at radius 3 is 2.60 bits per heavy atom. The lowest BCUT2D eigenvalue weighted by Gasteiger charge is -2.36. The number of nitrogens with zero attached hydrogens (tertiary/aromatic N) is 2. The van der Waals surface area contributed by atoms with Crippen LogP contribution < -0.4 is 0 Å². The topological polar surface area (TPSA) is 66.9 Å². The highest BCUT2D eigenvalue weighted by Gasteiger charge is 2.50. The standard InChI is InChI=1S/C13H22N2O4S/c1-14-8-11-10(2-7-20(17,18)12(11)9-14)13(16)15-3-5-19-6-4-15/h10-12H,2-9H2,1H3/t10-,11-,12-/m0/s1. The van der Waals surface area contributed by atoms with E-state index in [-0.39, 0.29) is 28.7 Å². The molecule has 0 radical (unpaired) electrons. The van der Waals surface area contributed by atoms with E-state index in [0.29, 0.717) is 45.8 Å². The fourth-order valence-corrected chi connectivity index (χ4v) is 5.92. The fraction of sp³-hybridized carbons (Fsp3) is 0.923. The maximum Gasteiger partial charge on any atom is 0.226 e. The largest absolute Gasteiger partial charge is 0.378 e. The summed E-state index contributed by atoms with van der Waals surface area (Å²) in [6.07, 6.45) is 0.480. The maximum atomic E-state index is 12.7. The first-order chi connectivity index (χ1) is 9.49. The van der Waals surface area contributed by atoms with Crippen LogP contribution in [-0.4, -0.2) is 81.6 Å². The lowest BCUT2D eigenvalue weighted by atomic mass is 9.87. The highest BCUT2D eigenvalue weighted by molar-refractivity contribution is 7.92. The number of rotatable bonds is 1. The Hall–Kier alpha value is -0.660. The number of ether oxygens (including phenoxy) is 1. The van der Waals surface area contributed by atoms with Gasteiger partial charge >= 0.3 is 0 Å². The van der Waals surface area contributed by atoms with Crippen molar-refractivity contribution in [3.05, 3.63) is 0 Å². The van der Waals surface area contributed by atoms with Crippen molar-refractivity contribution >= 4 is 15.7 Å². The molecule has 3 fully saturated rings. The molecule has 3 heterocycles. The molecule has 3 aliphatic heterocycles. The van der Waals surface area contributed by atoms with E-state index in [1.54, 1.807) is 0 Å². The Balaban J connectivity index is 1.78. The van der Waals surface area contributed by atoms with Crippen LogP contribution in [0.5, 0.6) is 0 Å². The van der Waals surface area contributed by atoms with E-state index in [1.807, 2.05) is 16.8 Å². The number of sulfone groups is 1. The second kappa shape index (κ2) is 5.27. The molecule has 0 spiro atoms. The first-order valence-corrected chi connectivity index (χ1v) is 8.97. The average molecular weight is 302 g/mol. The Labute approximate surface area is 120 Å². The van der Waals surface area contributed by atoms with E-state index >= 15 is 0 Å². The van der Waals surface area contributed by atoms with E-state index in [0.717, 1.165) is 0 Å². The molecule has 0 aliphatic carbocycles. The third-order valence-electron chi connectivity index (χ3n) is 4.82. The van der Waals surface area contributed by atoms with Crippen molar-refractivity contribution in [2.75, 3.05) is 52.2 Å². The van der Waals surface area contributed by atoms with Gasteiger partial charge in [-0.2, -0.15) is 0 Å². The number of hydrogen-bond donors (Lipinski definition) is 0. The summed E-state index contributed by atoms with van der Waals surface area (Å²) >= 11 is 0. The lowest BCUT2D eigenvalue weighted by molar-refractivity contribution is -0.141. The van der Waals surface area contributed by atoms with Crippen LogP contribution in [0.3, 0.4) is 0 Å². The molecule has 0 aromatic heterocycles. The molecule has 0 N–H and O–H groups in total. The van der Waals surface area contributed by atoms with Gasteiger partial charge in [0.05, 0.1) is 24.2 Å². The SMILES string of the molecule is CN1C[C@H]2[C@@H](C(=O)N3CCOCC3)CCS(=O)(=O)[C@H]2C1. The molecule has 3 aliphatic rings. The zero-order chi connectivity index (χ0) is 14.3. The van der Waals surface area contributed by atoms with E-state index in [2.05, 4.69) is 0 Å². The predicted molar refractivity (Wildman–Crippen MR) is 74.1 cm³/mol. The molecule has 0 aromatic rings.